The summed E-state index contributed by atoms with van der Waals surface area (Å²) in [6, 6.07) is 9.24. The normalized spacial score (nSPS) is 9.94. The number of benzene rings is 1. The lowest BCUT2D eigenvalue weighted by Crippen LogP contribution is -2.21. The van der Waals surface area contributed by atoms with Gasteiger partial charge in [-0.1, -0.05) is 30.3 Å². The number of rotatable bonds is 2. The average Bonchev–Trinajstić information content (AvgIpc) is 2.39. The van der Waals surface area contributed by atoms with Crippen LogP contribution in [0.3, 0.4) is 0 Å². The number of aromatic nitrogens is 2. The van der Waals surface area contributed by atoms with E-state index in [2.05, 4.69) is 14.7 Å². The van der Waals surface area contributed by atoms with Gasteiger partial charge in [-0.05, 0) is 0 Å². The summed E-state index contributed by atoms with van der Waals surface area (Å²) >= 11 is 0. The Labute approximate surface area is 97.1 Å². The van der Waals surface area contributed by atoms with Gasteiger partial charge in [-0.3, -0.25) is 4.79 Å². The van der Waals surface area contributed by atoms with Crippen LogP contribution in [0.1, 0.15) is 10.5 Å². The molecule has 0 amide bonds. The van der Waals surface area contributed by atoms with Crippen LogP contribution in [0.5, 0.6) is 0 Å². The summed E-state index contributed by atoms with van der Waals surface area (Å²) < 4.78 is 4.49. The number of ether oxygens (including phenoxy) is 1. The van der Waals surface area contributed by atoms with Crippen molar-refractivity contribution in [3.05, 3.63) is 52.6 Å². The highest BCUT2D eigenvalue weighted by molar-refractivity contribution is 5.87. The molecular formula is C12H10N2O3. The number of hydrogen-bond donors (Lipinski definition) is 1. The lowest BCUT2D eigenvalue weighted by Gasteiger charge is -2.02. The van der Waals surface area contributed by atoms with E-state index < -0.39 is 11.5 Å². The quantitative estimate of drug-likeness (QED) is 0.787. The Hall–Kier alpha value is -2.43. The molecule has 0 radical (unpaired) electrons. The highest BCUT2D eigenvalue weighted by atomic mass is 16.5. The zero-order valence-corrected chi connectivity index (χ0v) is 9.14. The fourth-order valence-corrected chi connectivity index (χ4v) is 1.40. The van der Waals surface area contributed by atoms with Crippen LogP contribution in [0, 0.1) is 0 Å². The molecule has 0 aliphatic rings. The standard InChI is InChI=1S/C12H10N2O3/c1-17-12(16)10-11(15)13-7-9(14-10)8-5-3-2-4-6-8/h2-7H,1H3,(H,13,15). The molecule has 1 heterocycles. The van der Waals surface area contributed by atoms with Crippen LogP contribution >= 0.6 is 0 Å². The second-order valence-corrected chi connectivity index (χ2v) is 3.32. The second kappa shape index (κ2) is 4.61. The predicted molar refractivity (Wildman–Crippen MR) is 61.6 cm³/mol. The van der Waals surface area contributed by atoms with Crippen molar-refractivity contribution in [2.24, 2.45) is 0 Å². The van der Waals surface area contributed by atoms with Gasteiger partial charge >= 0.3 is 5.97 Å². The van der Waals surface area contributed by atoms with Gasteiger partial charge < -0.3 is 9.72 Å². The first-order chi connectivity index (χ1) is 8.22. The Bertz CT molecular complexity index is 590. The molecule has 5 nitrogen and oxygen atoms in total. The number of nitrogens with zero attached hydrogens (tertiary/aromatic N) is 1. The molecule has 0 spiro atoms. The van der Waals surface area contributed by atoms with E-state index in [0.29, 0.717) is 5.69 Å². The Balaban J connectivity index is 2.52. The van der Waals surface area contributed by atoms with Crippen LogP contribution in [0.15, 0.2) is 41.3 Å². The molecule has 0 bridgehead atoms. The monoisotopic (exact) mass is 230 g/mol. The number of carbonyl (C=O) groups is 1. The van der Waals surface area contributed by atoms with Gasteiger partial charge in [0.1, 0.15) is 0 Å². The highest BCUT2D eigenvalue weighted by Gasteiger charge is 2.13. The van der Waals surface area contributed by atoms with Crippen molar-refractivity contribution in [3.63, 3.8) is 0 Å². The van der Waals surface area contributed by atoms with E-state index >= 15 is 0 Å². The number of esters is 1. The average molecular weight is 230 g/mol. The zero-order valence-electron chi connectivity index (χ0n) is 9.14. The van der Waals surface area contributed by atoms with Crippen molar-refractivity contribution in [1.82, 2.24) is 9.97 Å². The van der Waals surface area contributed by atoms with E-state index in [9.17, 15) is 9.59 Å². The summed E-state index contributed by atoms with van der Waals surface area (Å²) in [5, 5.41) is 0. The number of carbonyl (C=O) groups excluding carboxylic acids is 1. The fraction of sp³-hybridized carbons (Fsp3) is 0.0833. The molecule has 0 saturated heterocycles. The molecule has 1 aromatic heterocycles. The maximum absolute atomic E-state index is 11.4. The van der Waals surface area contributed by atoms with Crippen molar-refractivity contribution in [2.75, 3.05) is 7.11 Å². The van der Waals surface area contributed by atoms with Crippen molar-refractivity contribution in [1.29, 1.82) is 0 Å². The first kappa shape index (κ1) is 11.1. The van der Waals surface area contributed by atoms with Gasteiger partial charge in [0.15, 0.2) is 0 Å². The maximum Gasteiger partial charge on any atom is 0.362 e. The first-order valence-electron chi connectivity index (χ1n) is 4.96. The fourth-order valence-electron chi connectivity index (χ4n) is 1.40. The van der Waals surface area contributed by atoms with Gasteiger partial charge in [-0.15, -0.1) is 0 Å². The molecule has 0 unspecified atom stereocenters. The van der Waals surface area contributed by atoms with Crippen molar-refractivity contribution >= 4 is 5.97 Å². The third kappa shape index (κ3) is 2.23. The summed E-state index contributed by atoms with van der Waals surface area (Å²) in [6.07, 6.45) is 1.46. The molecule has 2 rings (SSSR count). The summed E-state index contributed by atoms with van der Waals surface area (Å²) in [7, 11) is 1.21. The number of aromatic amines is 1. The van der Waals surface area contributed by atoms with E-state index in [0.717, 1.165) is 5.56 Å². The van der Waals surface area contributed by atoms with Crippen LogP contribution in [0.4, 0.5) is 0 Å². The topological polar surface area (TPSA) is 72.0 Å². The molecule has 86 valence electrons. The van der Waals surface area contributed by atoms with Gasteiger partial charge in [0.25, 0.3) is 5.56 Å². The molecule has 0 saturated carbocycles. The Morgan fingerprint density at radius 3 is 2.65 bits per heavy atom. The Kier molecular flexibility index (Phi) is 3.00. The smallest absolute Gasteiger partial charge is 0.362 e. The third-order valence-electron chi connectivity index (χ3n) is 2.24. The molecule has 17 heavy (non-hydrogen) atoms. The van der Waals surface area contributed by atoms with Gasteiger partial charge in [0, 0.05) is 11.8 Å². The van der Waals surface area contributed by atoms with Crippen molar-refractivity contribution in [3.8, 4) is 11.3 Å². The summed E-state index contributed by atoms with van der Waals surface area (Å²) in [5.41, 5.74) is 0.532. The van der Waals surface area contributed by atoms with E-state index in [-0.39, 0.29) is 5.69 Å². The maximum atomic E-state index is 11.4. The minimum atomic E-state index is -0.746. The molecule has 2 aromatic rings. The number of methoxy groups -OCH3 is 1. The van der Waals surface area contributed by atoms with Crippen molar-refractivity contribution < 1.29 is 9.53 Å². The van der Waals surface area contributed by atoms with Crippen LogP contribution in [0.25, 0.3) is 11.3 Å². The molecule has 0 aliphatic heterocycles. The van der Waals surface area contributed by atoms with Crippen molar-refractivity contribution in [2.45, 2.75) is 0 Å². The minimum Gasteiger partial charge on any atom is -0.464 e. The lowest BCUT2D eigenvalue weighted by atomic mass is 10.1. The Morgan fingerprint density at radius 1 is 1.29 bits per heavy atom. The van der Waals surface area contributed by atoms with E-state index in [1.54, 1.807) is 0 Å². The largest absolute Gasteiger partial charge is 0.464 e. The number of hydrogen-bond acceptors (Lipinski definition) is 4. The molecule has 5 heteroatoms. The molecular weight excluding hydrogens is 220 g/mol. The van der Waals surface area contributed by atoms with Crippen LogP contribution < -0.4 is 5.56 Å². The summed E-state index contributed by atoms with van der Waals surface area (Å²) in [5.74, 6) is -0.746. The second-order valence-electron chi connectivity index (χ2n) is 3.32. The van der Waals surface area contributed by atoms with Crippen LogP contribution in [0.2, 0.25) is 0 Å². The third-order valence-corrected chi connectivity index (χ3v) is 2.24. The summed E-state index contributed by atoms with van der Waals surface area (Å²) in [4.78, 5) is 29.2. The summed E-state index contributed by atoms with van der Waals surface area (Å²) in [6.45, 7) is 0. The molecule has 1 N–H and O–H groups in total. The molecule has 0 aliphatic carbocycles. The zero-order chi connectivity index (χ0) is 12.3. The molecule has 1 aromatic carbocycles. The highest BCUT2D eigenvalue weighted by Crippen LogP contribution is 2.14. The lowest BCUT2D eigenvalue weighted by molar-refractivity contribution is 0.0592. The first-order valence-corrected chi connectivity index (χ1v) is 4.96. The van der Waals surface area contributed by atoms with Gasteiger partial charge in [-0.25, -0.2) is 9.78 Å². The minimum absolute atomic E-state index is 0.242. The van der Waals surface area contributed by atoms with Gasteiger partial charge in [-0.2, -0.15) is 0 Å². The predicted octanol–water partition coefficient (Wildman–Crippen LogP) is 1.22. The van der Waals surface area contributed by atoms with Crippen LogP contribution in [-0.2, 0) is 4.74 Å². The number of nitrogens with one attached hydrogen (secondary N) is 1. The Morgan fingerprint density at radius 2 is 2.00 bits per heavy atom. The van der Waals surface area contributed by atoms with E-state index in [1.165, 1.54) is 13.3 Å². The molecule has 0 atom stereocenters. The number of H-pyrrole nitrogens is 1. The van der Waals surface area contributed by atoms with E-state index in [1.807, 2.05) is 30.3 Å². The van der Waals surface area contributed by atoms with Gasteiger partial charge in [0.05, 0.1) is 12.8 Å². The van der Waals surface area contributed by atoms with Gasteiger partial charge in [0.2, 0.25) is 5.69 Å². The SMILES string of the molecule is COC(=O)c1nc(-c2ccccc2)c[nH]c1=O. The van der Waals surface area contributed by atoms with E-state index in [4.69, 9.17) is 0 Å². The molecule has 0 fully saturated rings. The van der Waals surface area contributed by atoms with Crippen LogP contribution in [-0.4, -0.2) is 23.0 Å².